The van der Waals surface area contributed by atoms with Gasteiger partial charge in [0.05, 0.1) is 0 Å². The number of halogens is 6. The molecule has 2 rings (SSSR count). The van der Waals surface area contributed by atoms with Crippen LogP contribution in [-0.2, 0) is 6.18 Å². The number of nitrogens with zero attached hydrogens (tertiary/aromatic N) is 2. The van der Waals surface area contributed by atoms with E-state index in [9.17, 15) is 26.3 Å². The van der Waals surface area contributed by atoms with Crippen molar-refractivity contribution < 1.29 is 26.3 Å². The lowest BCUT2D eigenvalue weighted by Gasteiger charge is -2.16. The van der Waals surface area contributed by atoms with Gasteiger partial charge in [0.25, 0.3) is 0 Å². The van der Waals surface area contributed by atoms with E-state index in [0.29, 0.717) is 0 Å². The number of hydrogen-bond donors (Lipinski definition) is 1. The number of benzene rings is 1. The van der Waals surface area contributed by atoms with Crippen molar-refractivity contribution >= 4 is 0 Å². The highest BCUT2D eigenvalue weighted by atomic mass is 19.4. The van der Waals surface area contributed by atoms with Crippen LogP contribution in [0.15, 0.2) is 30.5 Å². The van der Waals surface area contributed by atoms with Crippen LogP contribution in [0.3, 0.4) is 0 Å². The molecule has 0 bridgehead atoms. The highest BCUT2D eigenvalue weighted by Crippen LogP contribution is 2.34. The molecule has 9 heteroatoms. The molecule has 132 valence electrons. The zero-order chi connectivity index (χ0) is 18.3. The maximum absolute atomic E-state index is 12.8. The zero-order valence-corrected chi connectivity index (χ0v) is 12.8. The molecule has 1 unspecified atom stereocenters. The minimum Gasteiger partial charge on any atom is -0.328 e. The Morgan fingerprint density at radius 1 is 1.00 bits per heavy atom. The van der Waals surface area contributed by atoms with Crippen molar-refractivity contribution in [1.82, 2.24) is 9.55 Å². The summed E-state index contributed by atoms with van der Waals surface area (Å²) in [6, 6.07) is 2.38. The summed E-state index contributed by atoms with van der Waals surface area (Å²) in [6.45, 7) is 3.36. The SMILES string of the molecule is CC(C)n1cc(C(F)(F)F)nc1-c1ccc(C(N)C(F)(F)F)cc1. The van der Waals surface area contributed by atoms with E-state index in [4.69, 9.17) is 5.73 Å². The topological polar surface area (TPSA) is 43.8 Å². The Morgan fingerprint density at radius 2 is 1.54 bits per heavy atom. The van der Waals surface area contributed by atoms with Gasteiger partial charge in [-0.3, -0.25) is 0 Å². The lowest BCUT2D eigenvalue weighted by Crippen LogP contribution is -2.28. The molecule has 0 radical (unpaired) electrons. The Kier molecular flexibility index (Phi) is 4.67. The maximum Gasteiger partial charge on any atom is 0.434 e. The third kappa shape index (κ3) is 3.72. The standard InChI is InChI=1S/C15H15F6N3/c1-8(2)24-7-11(14(16,17)18)23-13(24)10-5-3-9(4-6-10)12(22)15(19,20)21/h3-8,12H,22H2,1-2H3. The third-order valence-electron chi connectivity index (χ3n) is 3.46. The third-order valence-corrected chi connectivity index (χ3v) is 3.46. The van der Waals surface area contributed by atoms with Crippen LogP contribution in [0.2, 0.25) is 0 Å². The number of alkyl halides is 6. The number of hydrogen-bond acceptors (Lipinski definition) is 2. The Balaban J connectivity index is 2.43. The summed E-state index contributed by atoms with van der Waals surface area (Å²) in [4.78, 5) is 3.58. The smallest absolute Gasteiger partial charge is 0.328 e. The molecule has 1 aromatic carbocycles. The first kappa shape index (κ1) is 18.3. The second kappa shape index (κ2) is 6.12. The molecule has 24 heavy (non-hydrogen) atoms. The lowest BCUT2D eigenvalue weighted by molar-refractivity contribution is -0.149. The lowest BCUT2D eigenvalue weighted by atomic mass is 10.0. The summed E-state index contributed by atoms with van der Waals surface area (Å²) in [5, 5.41) is 0. The van der Waals surface area contributed by atoms with E-state index in [0.717, 1.165) is 18.3 Å². The molecule has 0 saturated carbocycles. The first-order valence-electron chi connectivity index (χ1n) is 7.00. The Morgan fingerprint density at radius 3 is 1.96 bits per heavy atom. The van der Waals surface area contributed by atoms with E-state index in [1.165, 1.54) is 16.7 Å². The van der Waals surface area contributed by atoms with Crippen LogP contribution in [0.4, 0.5) is 26.3 Å². The van der Waals surface area contributed by atoms with Crippen LogP contribution in [-0.4, -0.2) is 15.7 Å². The van der Waals surface area contributed by atoms with Crippen LogP contribution in [0.1, 0.15) is 37.2 Å². The predicted octanol–water partition coefficient (Wildman–Crippen LogP) is 4.71. The van der Waals surface area contributed by atoms with Crippen molar-refractivity contribution in [3.63, 3.8) is 0 Å². The fourth-order valence-electron chi connectivity index (χ4n) is 2.17. The molecule has 0 spiro atoms. The molecule has 3 nitrogen and oxygen atoms in total. The average molecular weight is 351 g/mol. The van der Waals surface area contributed by atoms with Gasteiger partial charge in [-0.15, -0.1) is 0 Å². The first-order valence-corrected chi connectivity index (χ1v) is 7.00. The summed E-state index contributed by atoms with van der Waals surface area (Å²) in [5.74, 6) is 0.0319. The van der Waals surface area contributed by atoms with Gasteiger partial charge in [-0.2, -0.15) is 26.3 Å². The van der Waals surface area contributed by atoms with Crippen LogP contribution in [0.25, 0.3) is 11.4 Å². The summed E-state index contributed by atoms with van der Waals surface area (Å²) in [5.41, 5.74) is 4.15. The molecule has 2 aromatic rings. The van der Waals surface area contributed by atoms with Crippen LogP contribution in [0, 0.1) is 0 Å². The van der Waals surface area contributed by atoms with E-state index in [2.05, 4.69) is 4.98 Å². The normalized spacial score (nSPS) is 14.2. The second-order valence-electron chi connectivity index (χ2n) is 5.59. The Hall–Kier alpha value is -2.03. The van der Waals surface area contributed by atoms with Crippen molar-refractivity contribution in [2.45, 2.75) is 38.3 Å². The fraction of sp³-hybridized carbons (Fsp3) is 0.400. The van der Waals surface area contributed by atoms with Gasteiger partial charge in [0, 0.05) is 17.8 Å². The minimum absolute atomic E-state index is 0.0319. The van der Waals surface area contributed by atoms with Crippen LogP contribution in [0.5, 0.6) is 0 Å². The summed E-state index contributed by atoms with van der Waals surface area (Å²) >= 11 is 0. The first-order chi connectivity index (χ1) is 10.9. The van der Waals surface area contributed by atoms with E-state index in [1.54, 1.807) is 13.8 Å². The number of imidazole rings is 1. The van der Waals surface area contributed by atoms with Crippen molar-refractivity contribution in [3.05, 3.63) is 41.7 Å². The molecule has 0 aliphatic carbocycles. The Bertz CT molecular complexity index is 697. The molecule has 0 saturated heterocycles. The second-order valence-corrected chi connectivity index (χ2v) is 5.59. The number of nitrogens with two attached hydrogens (primary N) is 1. The molecular weight excluding hydrogens is 336 g/mol. The summed E-state index contributed by atoms with van der Waals surface area (Å²) in [7, 11) is 0. The summed E-state index contributed by atoms with van der Waals surface area (Å²) < 4.78 is 77.6. The van der Waals surface area contributed by atoms with Crippen molar-refractivity contribution in [2.75, 3.05) is 0 Å². The van der Waals surface area contributed by atoms with Crippen LogP contribution < -0.4 is 5.73 Å². The summed E-state index contributed by atoms with van der Waals surface area (Å²) in [6.07, 6.45) is -8.32. The average Bonchev–Trinajstić information content (AvgIpc) is 2.91. The van der Waals surface area contributed by atoms with E-state index < -0.39 is 24.1 Å². The largest absolute Gasteiger partial charge is 0.434 e. The molecule has 1 aromatic heterocycles. The molecule has 0 fully saturated rings. The molecule has 1 heterocycles. The van der Waals surface area contributed by atoms with E-state index in [1.807, 2.05) is 0 Å². The molecule has 0 aliphatic rings. The van der Waals surface area contributed by atoms with Crippen molar-refractivity contribution in [3.8, 4) is 11.4 Å². The number of aromatic nitrogens is 2. The molecular formula is C15H15F6N3. The van der Waals surface area contributed by atoms with Gasteiger partial charge in [0.1, 0.15) is 11.9 Å². The van der Waals surface area contributed by atoms with E-state index >= 15 is 0 Å². The minimum atomic E-state index is -4.60. The molecule has 0 aliphatic heterocycles. The molecule has 0 amide bonds. The Labute approximate surface area is 134 Å². The highest BCUT2D eigenvalue weighted by molar-refractivity contribution is 5.57. The predicted molar refractivity (Wildman–Crippen MR) is 76.0 cm³/mol. The molecule has 1 atom stereocenters. The van der Waals surface area contributed by atoms with Gasteiger partial charge in [0.2, 0.25) is 0 Å². The van der Waals surface area contributed by atoms with Gasteiger partial charge >= 0.3 is 12.4 Å². The van der Waals surface area contributed by atoms with Gasteiger partial charge < -0.3 is 10.3 Å². The van der Waals surface area contributed by atoms with Gasteiger partial charge in [0.15, 0.2) is 5.69 Å². The van der Waals surface area contributed by atoms with Crippen LogP contribution >= 0.6 is 0 Å². The van der Waals surface area contributed by atoms with Gasteiger partial charge in [-0.25, -0.2) is 4.98 Å². The fourth-order valence-corrected chi connectivity index (χ4v) is 2.17. The highest BCUT2D eigenvalue weighted by Gasteiger charge is 2.38. The van der Waals surface area contributed by atoms with E-state index in [-0.39, 0.29) is 23.0 Å². The van der Waals surface area contributed by atoms with Crippen molar-refractivity contribution in [2.24, 2.45) is 5.73 Å². The maximum atomic E-state index is 12.8. The van der Waals surface area contributed by atoms with Gasteiger partial charge in [-0.05, 0) is 19.4 Å². The monoisotopic (exact) mass is 351 g/mol. The number of rotatable bonds is 3. The van der Waals surface area contributed by atoms with Gasteiger partial charge in [-0.1, -0.05) is 24.3 Å². The molecule has 2 N–H and O–H groups in total. The quantitative estimate of drug-likeness (QED) is 0.814. The zero-order valence-electron chi connectivity index (χ0n) is 12.8. The van der Waals surface area contributed by atoms with Crippen molar-refractivity contribution in [1.29, 1.82) is 0 Å².